The van der Waals surface area contributed by atoms with Crippen LogP contribution in [0.4, 0.5) is 0 Å². The molecule has 0 saturated heterocycles. The van der Waals surface area contributed by atoms with Crippen LogP contribution in [0.25, 0.3) is 0 Å². The predicted molar refractivity (Wildman–Crippen MR) is 73.4 cm³/mol. The molecular formula is C13H23N5. The van der Waals surface area contributed by atoms with Gasteiger partial charge in [0, 0.05) is 25.4 Å². The highest BCUT2D eigenvalue weighted by molar-refractivity contribution is 5.80. The highest BCUT2D eigenvalue weighted by Gasteiger charge is 2.30. The van der Waals surface area contributed by atoms with Gasteiger partial charge in [0.25, 0.3) is 0 Å². The first-order valence-corrected chi connectivity index (χ1v) is 6.61. The Hall–Kier alpha value is -1.52. The fourth-order valence-electron chi connectivity index (χ4n) is 2.52. The molecule has 0 spiro atoms. The molecule has 1 unspecified atom stereocenters. The lowest BCUT2D eigenvalue weighted by atomic mass is 10.0. The number of nitrogens with zero attached hydrogens (tertiary/aromatic N) is 4. The van der Waals surface area contributed by atoms with Crippen LogP contribution in [0.2, 0.25) is 0 Å². The van der Waals surface area contributed by atoms with Gasteiger partial charge in [-0.3, -0.25) is 9.67 Å². The zero-order valence-corrected chi connectivity index (χ0v) is 11.7. The molecule has 0 bridgehead atoms. The largest absolute Gasteiger partial charge is 0.370 e. The summed E-state index contributed by atoms with van der Waals surface area (Å²) in [5.41, 5.74) is 8.42. The maximum atomic E-state index is 6.00. The van der Waals surface area contributed by atoms with Gasteiger partial charge in [-0.15, -0.1) is 0 Å². The van der Waals surface area contributed by atoms with Crippen molar-refractivity contribution in [3.05, 3.63) is 17.5 Å². The highest BCUT2D eigenvalue weighted by atomic mass is 15.3. The number of aliphatic imine (C=N–C) groups is 1. The van der Waals surface area contributed by atoms with Crippen molar-refractivity contribution in [3.63, 3.8) is 0 Å². The van der Waals surface area contributed by atoms with Crippen LogP contribution >= 0.6 is 0 Å². The fraction of sp³-hybridized carbons (Fsp3) is 0.692. The molecule has 1 aliphatic heterocycles. The first-order chi connectivity index (χ1) is 8.52. The quantitative estimate of drug-likeness (QED) is 0.875. The Bertz CT molecular complexity index is 446. The maximum Gasteiger partial charge on any atom is 0.191 e. The molecule has 5 heteroatoms. The zero-order chi connectivity index (χ0) is 13.3. The van der Waals surface area contributed by atoms with Crippen molar-refractivity contribution in [2.45, 2.75) is 33.2 Å². The van der Waals surface area contributed by atoms with Gasteiger partial charge in [-0.2, -0.15) is 5.10 Å². The molecule has 100 valence electrons. The molecule has 2 rings (SSSR count). The summed E-state index contributed by atoms with van der Waals surface area (Å²) in [5, 5.41) is 4.51. The van der Waals surface area contributed by atoms with Gasteiger partial charge >= 0.3 is 0 Å². The third kappa shape index (κ3) is 2.35. The van der Waals surface area contributed by atoms with Gasteiger partial charge in [0.1, 0.15) is 0 Å². The van der Waals surface area contributed by atoms with E-state index >= 15 is 0 Å². The second kappa shape index (κ2) is 5.00. The van der Waals surface area contributed by atoms with Crippen molar-refractivity contribution < 1.29 is 0 Å². The van der Waals surface area contributed by atoms with Crippen LogP contribution in [-0.4, -0.2) is 33.7 Å². The summed E-state index contributed by atoms with van der Waals surface area (Å²) in [6.07, 6.45) is 3.05. The van der Waals surface area contributed by atoms with Crippen LogP contribution in [0.3, 0.4) is 0 Å². The summed E-state index contributed by atoms with van der Waals surface area (Å²) in [4.78, 5) is 6.61. The average molecular weight is 249 g/mol. The van der Waals surface area contributed by atoms with Crippen molar-refractivity contribution in [1.29, 1.82) is 0 Å². The molecule has 1 atom stereocenters. The number of aromatic nitrogens is 2. The molecule has 0 aliphatic carbocycles. The minimum atomic E-state index is 0.260. The minimum Gasteiger partial charge on any atom is -0.370 e. The summed E-state index contributed by atoms with van der Waals surface area (Å²) in [5.74, 6) is 1.24. The summed E-state index contributed by atoms with van der Waals surface area (Å²) in [6.45, 7) is 8.23. The molecule has 1 aliphatic rings. The van der Waals surface area contributed by atoms with E-state index in [0.29, 0.717) is 11.9 Å². The van der Waals surface area contributed by atoms with Crippen LogP contribution in [0, 0.1) is 5.92 Å². The van der Waals surface area contributed by atoms with Crippen molar-refractivity contribution in [2.75, 3.05) is 13.1 Å². The Kier molecular flexibility index (Phi) is 3.59. The summed E-state index contributed by atoms with van der Waals surface area (Å²) in [7, 11) is 1.97. The first-order valence-electron chi connectivity index (χ1n) is 6.61. The molecule has 18 heavy (non-hydrogen) atoms. The van der Waals surface area contributed by atoms with E-state index in [1.807, 2.05) is 11.7 Å². The van der Waals surface area contributed by atoms with E-state index in [1.54, 1.807) is 0 Å². The van der Waals surface area contributed by atoms with Crippen molar-refractivity contribution >= 4 is 5.96 Å². The van der Waals surface area contributed by atoms with E-state index in [0.717, 1.165) is 25.2 Å². The predicted octanol–water partition coefficient (Wildman–Crippen LogP) is 1.31. The smallest absolute Gasteiger partial charge is 0.191 e. The van der Waals surface area contributed by atoms with Gasteiger partial charge < -0.3 is 10.6 Å². The number of guanidine groups is 1. The first kappa shape index (κ1) is 12.9. The van der Waals surface area contributed by atoms with E-state index in [-0.39, 0.29) is 6.04 Å². The lowest BCUT2D eigenvalue weighted by Gasteiger charge is -2.27. The SMILES string of the molecule is CCc1nn(C)cc1C1CN=C(N)N1CC(C)C. The van der Waals surface area contributed by atoms with Crippen LogP contribution in [0.5, 0.6) is 0 Å². The average Bonchev–Trinajstić information content (AvgIpc) is 2.83. The van der Waals surface area contributed by atoms with Gasteiger partial charge in [-0.05, 0) is 12.3 Å². The van der Waals surface area contributed by atoms with Crippen molar-refractivity contribution in [1.82, 2.24) is 14.7 Å². The number of hydrogen-bond acceptors (Lipinski definition) is 4. The monoisotopic (exact) mass is 249 g/mol. The fourth-order valence-corrected chi connectivity index (χ4v) is 2.52. The normalized spacial score (nSPS) is 19.7. The van der Waals surface area contributed by atoms with Crippen molar-refractivity contribution in [3.8, 4) is 0 Å². The summed E-state index contributed by atoms with van der Waals surface area (Å²) < 4.78 is 1.89. The Morgan fingerprint density at radius 2 is 2.22 bits per heavy atom. The third-order valence-corrected chi connectivity index (χ3v) is 3.29. The van der Waals surface area contributed by atoms with Gasteiger partial charge in [-0.25, -0.2) is 0 Å². The molecule has 0 fully saturated rings. The van der Waals surface area contributed by atoms with Crippen molar-refractivity contribution in [2.24, 2.45) is 23.7 Å². The Morgan fingerprint density at radius 3 is 2.83 bits per heavy atom. The van der Waals surface area contributed by atoms with Crippen LogP contribution < -0.4 is 5.73 Å². The second-order valence-electron chi connectivity index (χ2n) is 5.32. The third-order valence-electron chi connectivity index (χ3n) is 3.29. The van der Waals surface area contributed by atoms with Gasteiger partial charge in [0.05, 0.1) is 18.3 Å². The number of aryl methyl sites for hydroxylation is 2. The Balaban J connectivity index is 2.26. The summed E-state index contributed by atoms with van der Waals surface area (Å²) >= 11 is 0. The lowest BCUT2D eigenvalue weighted by molar-refractivity contribution is 0.308. The molecular weight excluding hydrogens is 226 g/mol. The number of rotatable bonds is 4. The van der Waals surface area contributed by atoms with E-state index in [1.165, 1.54) is 5.56 Å². The van der Waals surface area contributed by atoms with Gasteiger partial charge in [0.2, 0.25) is 0 Å². The van der Waals surface area contributed by atoms with E-state index in [9.17, 15) is 0 Å². The molecule has 0 radical (unpaired) electrons. The van der Waals surface area contributed by atoms with E-state index in [4.69, 9.17) is 5.73 Å². The molecule has 0 amide bonds. The maximum absolute atomic E-state index is 6.00. The Labute approximate surface area is 109 Å². The van der Waals surface area contributed by atoms with Crippen LogP contribution in [-0.2, 0) is 13.5 Å². The minimum absolute atomic E-state index is 0.260. The lowest BCUT2D eigenvalue weighted by Crippen LogP contribution is -2.38. The molecule has 0 aromatic carbocycles. The molecule has 2 N–H and O–H groups in total. The van der Waals surface area contributed by atoms with Gasteiger partial charge in [0.15, 0.2) is 5.96 Å². The van der Waals surface area contributed by atoms with E-state index in [2.05, 4.69) is 42.0 Å². The number of hydrogen-bond donors (Lipinski definition) is 1. The molecule has 2 heterocycles. The zero-order valence-electron chi connectivity index (χ0n) is 11.7. The number of nitrogens with two attached hydrogens (primary N) is 1. The van der Waals surface area contributed by atoms with Crippen LogP contribution in [0.15, 0.2) is 11.2 Å². The standard InChI is InChI=1S/C13H23N5/c1-5-11-10(8-17(4)16-11)12-6-15-13(14)18(12)7-9(2)3/h8-9,12H,5-7H2,1-4H3,(H2,14,15). The molecule has 0 saturated carbocycles. The van der Waals surface area contributed by atoms with Gasteiger partial charge in [-0.1, -0.05) is 20.8 Å². The highest BCUT2D eigenvalue weighted by Crippen LogP contribution is 2.28. The van der Waals surface area contributed by atoms with Crippen LogP contribution in [0.1, 0.15) is 38.1 Å². The van der Waals surface area contributed by atoms with E-state index < -0.39 is 0 Å². The Morgan fingerprint density at radius 1 is 1.50 bits per heavy atom. The topological polar surface area (TPSA) is 59.4 Å². The molecule has 1 aromatic rings. The molecule has 1 aromatic heterocycles. The second-order valence-corrected chi connectivity index (χ2v) is 5.32. The summed E-state index contributed by atoms with van der Waals surface area (Å²) in [6, 6.07) is 0.260. The molecule has 5 nitrogen and oxygen atoms in total.